The number of carbonyl (C=O) groups excluding carboxylic acids is 4. The van der Waals surface area contributed by atoms with Crippen molar-refractivity contribution in [1.29, 1.82) is 0 Å². The Balaban J connectivity index is 1.12. The fourth-order valence-electron chi connectivity index (χ4n) is 6.19. The van der Waals surface area contributed by atoms with Crippen LogP contribution in [0.2, 0.25) is 0 Å². The molecule has 1 unspecified atom stereocenters. The fraction of sp³-hybridized carbons (Fsp3) is 0.500. The Kier molecular flexibility index (Phi) is 9.14. The highest BCUT2D eigenvalue weighted by atomic mass is 16.2. The zero-order valence-electron chi connectivity index (χ0n) is 23.2. The van der Waals surface area contributed by atoms with E-state index in [1.807, 2.05) is 34.1 Å². The van der Waals surface area contributed by atoms with E-state index < -0.39 is 0 Å². The van der Waals surface area contributed by atoms with Crippen LogP contribution in [-0.2, 0) is 20.8 Å². The van der Waals surface area contributed by atoms with E-state index >= 15 is 0 Å². The molecular weight excluding hydrogens is 504 g/mol. The molecule has 0 bridgehead atoms. The summed E-state index contributed by atoms with van der Waals surface area (Å²) in [5.74, 6) is -0.0962. The van der Waals surface area contributed by atoms with Gasteiger partial charge in [-0.2, -0.15) is 0 Å². The molecule has 3 fully saturated rings. The molecular formula is C32H40N4O4. The Bertz CT molecular complexity index is 1220. The largest absolute Gasteiger partial charge is 0.342 e. The van der Waals surface area contributed by atoms with Crippen LogP contribution in [0.15, 0.2) is 48.5 Å². The molecule has 2 saturated heterocycles. The lowest BCUT2D eigenvalue weighted by molar-refractivity contribution is -0.138. The van der Waals surface area contributed by atoms with Crippen molar-refractivity contribution in [3.63, 3.8) is 0 Å². The topological polar surface area (TPSA) is 98.8 Å². The first-order valence-electron chi connectivity index (χ1n) is 14.8. The molecule has 2 heterocycles. The molecule has 2 aliphatic heterocycles. The van der Waals surface area contributed by atoms with Crippen LogP contribution in [0.5, 0.6) is 0 Å². The van der Waals surface area contributed by atoms with Gasteiger partial charge in [0.05, 0.1) is 12.3 Å². The molecule has 40 heavy (non-hydrogen) atoms. The minimum absolute atomic E-state index is 0.0396. The predicted octanol–water partition coefficient (Wildman–Crippen LogP) is 4.86. The van der Waals surface area contributed by atoms with Gasteiger partial charge in [0.25, 0.3) is 5.91 Å². The number of benzene rings is 2. The number of nitrogens with zero attached hydrogens (tertiary/aromatic N) is 2. The number of rotatable bonds is 7. The maximum atomic E-state index is 13.1. The minimum atomic E-state index is -0.226. The molecule has 1 atom stereocenters. The Morgan fingerprint density at radius 2 is 1.40 bits per heavy atom. The third kappa shape index (κ3) is 7.09. The van der Waals surface area contributed by atoms with E-state index in [1.54, 1.807) is 24.3 Å². The Hall–Kier alpha value is -3.68. The SMILES string of the molecule is O=C(Cc1cccc(NC(=O)C2CCCN(C(=O)C3CCCC3)C2)c1)Nc1ccc(C(=O)N2CCCCC2)cc1. The zero-order chi connectivity index (χ0) is 27.9. The smallest absolute Gasteiger partial charge is 0.253 e. The number of nitrogens with one attached hydrogen (secondary N) is 2. The molecule has 1 saturated carbocycles. The van der Waals surface area contributed by atoms with Gasteiger partial charge in [-0.25, -0.2) is 0 Å². The summed E-state index contributed by atoms with van der Waals surface area (Å²) in [5.41, 5.74) is 2.70. The van der Waals surface area contributed by atoms with Crippen molar-refractivity contribution < 1.29 is 19.2 Å². The summed E-state index contributed by atoms with van der Waals surface area (Å²) in [6.45, 7) is 2.82. The molecule has 5 rings (SSSR count). The van der Waals surface area contributed by atoms with E-state index in [1.165, 1.54) is 6.42 Å². The quantitative estimate of drug-likeness (QED) is 0.520. The summed E-state index contributed by atoms with van der Waals surface area (Å²) in [4.78, 5) is 55.1. The van der Waals surface area contributed by atoms with E-state index in [4.69, 9.17) is 0 Å². The maximum absolute atomic E-state index is 13.1. The fourth-order valence-corrected chi connectivity index (χ4v) is 6.19. The molecule has 0 spiro atoms. The standard InChI is InChI=1S/C32H40N4O4/c37-29(33-27-15-13-25(14-16-27)31(39)35-17-4-1-5-18-35)21-23-8-6-12-28(20-23)34-30(38)26-11-7-19-36(22-26)32(40)24-9-2-3-10-24/h6,8,12-16,20,24,26H,1-5,7,9-11,17-19,21-22H2,(H,33,37)(H,34,38). The highest BCUT2D eigenvalue weighted by Crippen LogP contribution is 2.29. The van der Waals surface area contributed by atoms with Crippen molar-refractivity contribution in [1.82, 2.24) is 9.80 Å². The first kappa shape index (κ1) is 27.9. The van der Waals surface area contributed by atoms with Gasteiger partial charge in [0.2, 0.25) is 17.7 Å². The lowest BCUT2D eigenvalue weighted by Gasteiger charge is -2.33. The molecule has 4 amide bonds. The first-order valence-corrected chi connectivity index (χ1v) is 14.8. The number of carbonyl (C=O) groups is 4. The van der Waals surface area contributed by atoms with Crippen LogP contribution in [0.25, 0.3) is 0 Å². The van der Waals surface area contributed by atoms with Crippen molar-refractivity contribution >= 4 is 35.0 Å². The monoisotopic (exact) mass is 544 g/mol. The predicted molar refractivity (Wildman–Crippen MR) is 155 cm³/mol. The second kappa shape index (κ2) is 13.1. The molecule has 8 nitrogen and oxygen atoms in total. The molecule has 2 aromatic rings. The molecule has 212 valence electrons. The van der Waals surface area contributed by atoms with Gasteiger partial charge in [-0.3, -0.25) is 19.2 Å². The van der Waals surface area contributed by atoms with E-state index in [2.05, 4.69) is 10.6 Å². The summed E-state index contributed by atoms with van der Waals surface area (Å²) in [6.07, 6.45) is 9.21. The molecule has 0 aromatic heterocycles. The van der Waals surface area contributed by atoms with Crippen LogP contribution >= 0.6 is 0 Å². The summed E-state index contributed by atoms with van der Waals surface area (Å²) in [5, 5.41) is 5.90. The number of likely N-dealkylation sites (tertiary alicyclic amines) is 2. The normalized spacial score (nSPS) is 19.8. The summed E-state index contributed by atoms with van der Waals surface area (Å²) >= 11 is 0. The van der Waals surface area contributed by atoms with Gasteiger partial charge in [-0.1, -0.05) is 25.0 Å². The highest BCUT2D eigenvalue weighted by Gasteiger charge is 2.33. The minimum Gasteiger partial charge on any atom is -0.342 e. The van der Waals surface area contributed by atoms with Gasteiger partial charge in [0, 0.05) is 49.0 Å². The lowest BCUT2D eigenvalue weighted by Crippen LogP contribution is -2.45. The third-order valence-electron chi connectivity index (χ3n) is 8.43. The summed E-state index contributed by atoms with van der Waals surface area (Å²) in [7, 11) is 0. The van der Waals surface area contributed by atoms with Crippen molar-refractivity contribution in [3.8, 4) is 0 Å². The first-order chi connectivity index (χ1) is 19.5. The molecule has 8 heteroatoms. The second-order valence-corrected chi connectivity index (χ2v) is 11.4. The third-order valence-corrected chi connectivity index (χ3v) is 8.43. The number of piperidine rings is 2. The van der Waals surface area contributed by atoms with Crippen LogP contribution < -0.4 is 10.6 Å². The molecule has 3 aliphatic rings. The summed E-state index contributed by atoms with van der Waals surface area (Å²) < 4.78 is 0. The zero-order valence-corrected chi connectivity index (χ0v) is 23.2. The Labute approximate surface area is 236 Å². The van der Waals surface area contributed by atoms with Gasteiger partial charge in [-0.15, -0.1) is 0 Å². The highest BCUT2D eigenvalue weighted by molar-refractivity contribution is 5.97. The van der Waals surface area contributed by atoms with Gasteiger partial charge in [-0.05, 0) is 86.9 Å². The van der Waals surface area contributed by atoms with Gasteiger partial charge < -0.3 is 20.4 Å². The van der Waals surface area contributed by atoms with Gasteiger partial charge >= 0.3 is 0 Å². The number of anilines is 2. The van der Waals surface area contributed by atoms with Crippen LogP contribution in [-0.4, -0.2) is 59.6 Å². The van der Waals surface area contributed by atoms with Crippen LogP contribution in [0.4, 0.5) is 11.4 Å². The molecule has 2 N–H and O–H groups in total. The second-order valence-electron chi connectivity index (χ2n) is 11.4. The van der Waals surface area contributed by atoms with E-state index in [0.29, 0.717) is 23.5 Å². The molecule has 1 aliphatic carbocycles. The van der Waals surface area contributed by atoms with Crippen LogP contribution in [0.1, 0.15) is 73.7 Å². The van der Waals surface area contributed by atoms with E-state index in [9.17, 15) is 19.2 Å². The molecule has 2 aromatic carbocycles. The van der Waals surface area contributed by atoms with Gasteiger partial charge in [0.15, 0.2) is 0 Å². The number of amides is 4. The number of hydrogen-bond donors (Lipinski definition) is 2. The van der Waals surface area contributed by atoms with E-state index in [0.717, 1.165) is 76.6 Å². The average molecular weight is 545 g/mol. The van der Waals surface area contributed by atoms with Crippen molar-refractivity contribution in [2.45, 2.75) is 64.2 Å². The van der Waals surface area contributed by atoms with Crippen molar-refractivity contribution in [3.05, 3.63) is 59.7 Å². The number of hydrogen-bond acceptors (Lipinski definition) is 4. The van der Waals surface area contributed by atoms with E-state index in [-0.39, 0.29) is 41.9 Å². The van der Waals surface area contributed by atoms with Crippen LogP contribution in [0, 0.1) is 11.8 Å². The average Bonchev–Trinajstić information content (AvgIpc) is 3.53. The van der Waals surface area contributed by atoms with Crippen LogP contribution in [0.3, 0.4) is 0 Å². The summed E-state index contributed by atoms with van der Waals surface area (Å²) in [6, 6.07) is 14.4. The van der Waals surface area contributed by atoms with Crippen molar-refractivity contribution in [2.24, 2.45) is 11.8 Å². The lowest BCUT2D eigenvalue weighted by atomic mass is 9.95. The maximum Gasteiger partial charge on any atom is 0.253 e. The van der Waals surface area contributed by atoms with Crippen molar-refractivity contribution in [2.75, 3.05) is 36.8 Å². The Morgan fingerprint density at radius 1 is 0.700 bits per heavy atom. The Morgan fingerprint density at radius 3 is 2.15 bits per heavy atom. The molecule has 0 radical (unpaired) electrons. The van der Waals surface area contributed by atoms with Gasteiger partial charge in [0.1, 0.15) is 0 Å².